The fourth-order valence-electron chi connectivity index (χ4n) is 0.690. The molecule has 0 aromatic heterocycles. The number of aliphatic hydroxyl groups excluding tert-OH is 1. The summed E-state index contributed by atoms with van der Waals surface area (Å²) < 4.78 is 4.86. The maximum absolute atomic E-state index is 11.0. The van der Waals surface area contributed by atoms with Crippen molar-refractivity contribution in [3.05, 3.63) is 11.8 Å². The van der Waals surface area contributed by atoms with Gasteiger partial charge in [0, 0.05) is 0 Å². The van der Waals surface area contributed by atoms with Gasteiger partial charge in [-0.05, 0) is 12.8 Å². The normalized spacial score (nSPS) is 11.3. The second-order valence-corrected chi connectivity index (χ2v) is 2.50. The van der Waals surface area contributed by atoms with Crippen LogP contribution in [0.15, 0.2) is 11.8 Å². The number of rotatable bonds is 5. The first kappa shape index (κ1) is 11.0. The van der Waals surface area contributed by atoms with E-state index in [1.54, 1.807) is 6.92 Å². The van der Waals surface area contributed by atoms with Gasteiger partial charge >= 0.3 is 5.97 Å². The molecule has 3 heteroatoms. The Labute approximate surface area is 73.0 Å². The van der Waals surface area contributed by atoms with Crippen LogP contribution in [0.4, 0.5) is 0 Å². The molecule has 70 valence electrons. The number of unbranched alkanes of at least 4 members (excludes halogenated alkanes) is 1. The van der Waals surface area contributed by atoms with Crippen molar-refractivity contribution in [1.29, 1.82) is 0 Å². The third-order valence-electron chi connectivity index (χ3n) is 1.53. The SMILES string of the molecule is CCCCOC(=O)C(=CO)CC. The van der Waals surface area contributed by atoms with E-state index in [1.165, 1.54) is 0 Å². The molecule has 0 aromatic carbocycles. The highest BCUT2D eigenvalue weighted by atomic mass is 16.5. The fourth-order valence-corrected chi connectivity index (χ4v) is 0.690. The molecule has 0 aliphatic rings. The van der Waals surface area contributed by atoms with E-state index in [1.807, 2.05) is 6.92 Å². The Balaban J connectivity index is 3.71. The molecule has 0 aliphatic heterocycles. The van der Waals surface area contributed by atoms with Crippen LogP contribution >= 0.6 is 0 Å². The lowest BCUT2D eigenvalue weighted by Crippen LogP contribution is -2.08. The van der Waals surface area contributed by atoms with E-state index in [0.717, 1.165) is 19.1 Å². The first-order chi connectivity index (χ1) is 5.76. The zero-order valence-electron chi connectivity index (χ0n) is 7.67. The summed E-state index contributed by atoms with van der Waals surface area (Å²) in [5, 5.41) is 8.59. The standard InChI is InChI=1S/C9H16O3/c1-3-5-6-12-9(11)8(4-2)7-10/h7,10H,3-6H2,1-2H3. The molecule has 0 aliphatic carbocycles. The molecule has 12 heavy (non-hydrogen) atoms. The summed E-state index contributed by atoms with van der Waals surface area (Å²) in [5.74, 6) is -0.409. The van der Waals surface area contributed by atoms with Crippen LogP contribution in [0.5, 0.6) is 0 Å². The zero-order valence-corrected chi connectivity index (χ0v) is 7.67. The molecule has 0 bridgehead atoms. The average molecular weight is 172 g/mol. The summed E-state index contributed by atoms with van der Waals surface area (Å²) in [7, 11) is 0. The molecule has 0 amide bonds. The third kappa shape index (κ3) is 4.01. The van der Waals surface area contributed by atoms with Gasteiger partial charge in [-0.2, -0.15) is 0 Å². The number of carbonyl (C=O) groups is 1. The second kappa shape index (κ2) is 6.70. The number of carbonyl (C=O) groups excluding carboxylic acids is 1. The van der Waals surface area contributed by atoms with Crippen molar-refractivity contribution < 1.29 is 14.6 Å². The topological polar surface area (TPSA) is 46.5 Å². The smallest absolute Gasteiger partial charge is 0.337 e. The second-order valence-electron chi connectivity index (χ2n) is 2.50. The summed E-state index contributed by atoms with van der Waals surface area (Å²) in [5.41, 5.74) is 0.325. The Bertz CT molecular complexity index is 161. The summed E-state index contributed by atoms with van der Waals surface area (Å²) in [6.07, 6.45) is 3.18. The molecule has 0 fully saturated rings. The molecule has 0 saturated carbocycles. The van der Waals surface area contributed by atoms with Crippen LogP contribution < -0.4 is 0 Å². The van der Waals surface area contributed by atoms with Crippen molar-refractivity contribution in [3.8, 4) is 0 Å². The Morgan fingerprint density at radius 1 is 1.50 bits per heavy atom. The van der Waals surface area contributed by atoms with Gasteiger partial charge in [0.1, 0.15) is 0 Å². The number of ether oxygens (including phenoxy) is 1. The van der Waals surface area contributed by atoms with Gasteiger partial charge < -0.3 is 9.84 Å². The highest BCUT2D eigenvalue weighted by Gasteiger charge is 2.07. The molecular formula is C9H16O3. The van der Waals surface area contributed by atoms with Crippen molar-refractivity contribution in [3.63, 3.8) is 0 Å². The highest BCUT2D eigenvalue weighted by Crippen LogP contribution is 2.02. The lowest BCUT2D eigenvalue weighted by Gasteiger charge is -2.03. The van der Waals surface area contributed by atoms with Crippen LogP contribution in [-0.4, -0.2) is 17.7 Å². The Morgan fingerprint density at radius 2 is 2.17 bits per heavy atom. The first-order valence-electron chi connectivity index (χ1n) is 4.26. The van der Waals surface area contributed by atoms with Gasteiger partial charge in [-0.3, -0.25) is 0 Å². The lowest BCUT2D eigenvalue weighted by atomic mass is 10.2. The van der Waals surface area contributed by atoms with Crippen LogP contribution in [0.1, 0.15) is 33.1 Å². The van der Waals surface area contributed by atoms with E-state index in [2.05, 4.69) is 0 Å². The summed E-state index contributed by atoms with van der Waals surface area (Å²) >= 11 is 0. The third-order valence-corrected chi connectivity index (χ3v) is 1.53. The highest BCUT2D eigenvalue weighted by molar-refractivity contribution is 5.87. The summed E-state index contributed by atoms with van der Waals surface area (Å²) in [6, 6.07) is 0. The minimum absolute atomic E-state index is 0.325. The molecule has 1 N–H and O–H groups in total. The van der Waals surface area contributed by atoms with Crippen LogP contribution in [0.2, 0.25) is 0 Å². The average Bonchev–Trinajstić information content (AvgIpc) is 2.07. The summed E-state index contributed by atoms with van der Waals surface area (Å²) in [4.78, 5) is 11.0. The molecule has 0 rings (SSSR count). The lowest BCUT2D eigenvalue weighted by molar-refractivity contribution is -0.139. The van der Waals surface area contributed by atoms with Gasteiger partial charge in [-0.25, -0.2) is 4.79 Å². The molecule has 0 radical (unpaired) electrons. The van der Waals surface area contributed by atoms with E-state index in [-0.39, 0.29) is 0 Å². The van der Waals surface area contributed by atoms with Crippen molar-refractivity contribution in [2.24, 2.45) is 0 Å². The van der Waals surface area contributed by atoms with Crippen LogP contribution in [0, 0.1) is 0 Å². The maximum Gasteiger partial charge on any atom is 0.337 e. The molecule has 0 unspecified atom stereocenters. The van der Waals surface area contributed by atoms with Gasteiger partial charge in [0.05, 0.1) is 18.4 Å². The van der Waals surface area contributed by atoms with Crippen molar-refractivity contribution in [2.45, 2.75) is 33.1 Å². The predicted octanol–water partition coefficient (Wildman–Crippen LogP) is 2.18. The zero-order chi connectivity index (χ0) is 9.40. The Morgan fingerprint density at radius 3 is 2.58 bits per heavy atom. The van der Waals surface area contributed by atoms with Crippen LogP contribution in [0.3, 0.4) is 0 Å². The fraction of sp³-hybridized carbons (Fsp3) is 0.667. The number of hydrogen-bond donors (Lipinski definition) is 1. The molecule has 3 nitrogen and oxygen atoms in total. The largest absolute Gasteiger partial charge is 0.515 e. The quantitative estimate of drug-likeness (QED) is 0.299. The van der Waals surface area contributed by atoms with Gasteiger partial charge in [-0.1, -0.05) is 20.3 Å². The van der Waals surface area contributed by atoms with Crippen molar-refractivity contribution >= 4 is 5.97 Å². The van der Waals surface area contributed by atoms with Gasteiger partial charge in [0.25, 0.3) is 0 Å². The van der Waals surface area contributed by atoms with Crippen molar-refractivity contribution in [2.75, 3.05) is 6.61 Å². The maximum atomic E-state index is 11.0. The number of aliphatic hydroxyl groups is 1. The van der Waals surface area contributed by atoms with E-state index in [9.17, 15) is 4.79 Å². The molecule has 0 aromatic rings. The van der Waals surface area contributed by atoms with E-state index < -0.39 is 5.97 Å². The summed E-state index contributed by atoms with van der Waals surface area (Å²) in [6.45, 7) is 4.26. The minimum atomic E-state index is -0.409. The molecule has 0 spiro atoms. The van der Waals surface area contributed by atoms with Gasteiger partial charge in [0.15, 0.2) is 0 Å². The van der Waals surface area contributed by atoms with Gasteiger partial charge in [0.2, 0.25) is 0 Å². The van der Waals surface area contributed by atoms with Crippen LogP contribution in [0.25, 0.3) is 0 Å². The molecule has 0 saturated heterocycles. The number of esters is 1. The van der Waals surface area contributed by atoms with E-state index >= 15 is 0 Å². The monoisotopic (exact) mass is 172 g/mol. The predicted molar refractivity (Wildman–Crippen MR) is 46.9 cm³/mol. The van der Waals surface area contributed by atoms with E-state index in [0.29, 0.717) is 18.6 Å². The number of hydrogen-bond acceptors (Lipinski definition) is 3. The molecule has 0 atom stereocenters. The minimum Gasteiger partial charge on any atom is -0.515 e. The first-order valence-corrected chi connectivity index (χ1v) is 4.26. The van der Waals surface area contributed by atoms with E-state index in [4.69, 9.17) is 9.84 Å². The molecule has 0 heterocycles. The van der Waals surface area contributed by atoms with Gasteiger partial charge in [-0.15, -0.1) is 0 Å². The Kier molecular flexibility index (Phi) is 6.15. The van der Waals surface area contributed by atoms with Crippen LogP contribution in [-0.2, 0) is 9.53 Å². The Hall–Kier alpha value is -0.990. The van der Waals surface area contributed by atoms with Crippen molar-refractivity contribution in [1.82, 2.24) is 0 Å². The molecular weight excluding hydrogens is 156 g/mol.